The van der Waals surface area contributed by atoms with Gasteiger partial charge in [0, 0.05) is 4.88 Å². The van der Waals surface area contributed by atoms with Gasteiger partial charge in [0.25, 0.3) is 0 Å². The first-order chi connectivity index (χ1) is 6.27. The molecule has 72 valence electrons. The van der Waals surface area contributed by atoms with Crippen molar-refractivity contribution in [2.24, 2.45) is 10.7 Å². The summed E-state index contributed by atoms with van der Waals surface area (Å²) in [5.41, 5.74) is 8.36. The second-order valence-electron chi connectivity index (χ2n) is 2.54. The fourth-order valence-corrected chi connectivity index (χ4v) is 1.91. The predicted octanol–water partition coefficient (Wildman–Crippen LogP) is 1.10. The minimum atomic E-state index is 0.0513. The fourth-order valence-electron chi connectivity index (χ4n) is 1.01. The lowest BCUT2D eigenvalue weighted by atomic mass is 10.2. The van der Waals surface area contributed by atoms with Crippen LogP contribution in [0, 0.1) is 0 Å². The first kappa shape index (κ1) is 10.0. The SMILES string of the molecule is CCc1ccsc1CN=C(N)NO. The maximum Gasteiger partial charge on any atom is 0.213 e. The first-order valence-corrected chi connectivity index (χ1v) is 4.91. The maximum absolute atomic E-state index is 8.39. The molecule has 5 heteroatoms. The Bertz CT molecular complexity index is 295. The molecule has 1 heterocycles. The third-order valence-electron chi connectivity index (χ3n) is 1.73. The number of nitrogens with two attached hydrogens (primary N) is 1. The minimum Gasteiger partial charge on any atom is -0.368 e. The Morgan fingerprint density at radius 3 is 3.15 bits per heavy atom. The number of hydrogen-bond donors (Lipinski definition) is 3. The van der Waals surface area contributed by atoms with Crippen LogP contribution in [0.1, 0.15) is 17.4 Å². The summed E-state index contributed by atoms with van der Waals surface area (Å²) in [5.74, 6) is 0.0513. The van der Waals surface area contributed by atoms with Gasteiger partial charge in [-0.3, -0.25) is 5.21 Å². The average molecular weight is 199 g/mol. The van der Waals surface area contributed by atoms with Gasteiger partial charge in [0.2, 0.25) is 5.96 Å². The summed E-state index contributed by atoms with van der Waals surface area (Å²) in [7, 11) is 0. The summed E-state index contributed by atoms with van der Waals surface area (Å²) >= 11 is 1.65. The number of guanidine groups is 1. The monoisotopic (exact) mass is 199 g/mol. The highest BCUT2D eigenvalue weighted by Crippen LogP contribution is 2.17. The summed E-state index contributed by atoms with van der Waals surface area (Å²) in [6, 6.07) is 2.08. The lowest BCUT2D eigenvalue weighted by Crippen LogP contribution is -2.28. The molecule has 0 radical (unpaired) electrons. The maximum atomic E-state index is 8.39. The summed E-state index contributed by atoms with van der Waals surface area (Å²) in [4.78, 5) is 5.13. The minimum absolute atomic E-state index is 0.0513. The number of aryl methyl sites for hydroxylation is 1. The Labute approximate surface area is 81.1 Å². The van der Waals surface area contributed by atoms with Crippen molar-refractivity contribution in [2.45, 2.75) is 19.9 Å². The van der Waals surface area contributed by atoms with Gasteiger partial charge < -0.3 is 5.73 Å². The number of thiophene rings is 1. The number of hydrogen-bond acceptors (Lipinski definition) is 3. The van der Waals surface area contributed by atoms with Crippen LogP contribution in [-0.4, -0.2) is 11.2 Å². The normalized spacial score (nSPS) is 11.7. The third-order valence-corrected chi connectivity index (χ3v) is 2.67. The summed E-state index contributed by atoms with van der Waals surface area (Å²) < 4.78 is 0. The molecule has 0 bridgehead atoms. The van der Waals surface area contributed by atoms with Gasteiger partial charge in [-0.15, -0.1) is 11.3 Å². The molecule has 13 heavy (non-hydrogen) atoms. The average Bonchev–Trinajstić information content (AvgIpc) is 2.61. The van der Waals surface area contributed by atoms with Crippen LogP contribution in [0.2, 0.25) is 0 Å². The van der Waals surface area contributed by atoms with E-state index in [0.717, 1.165) is 6.42 Å². The number of nitrogens with zero attached hydrogens (tertiary/aromatic N) is 1. The molecule has 0 aliphatic carbocycles. The number of nitrogens with one attached hydrogen (secondary N) is 1. The fraction of sp³-hybridized carbons (Fsp3) is 0.375. The zero-order valence-electron chi connectivity index (χ0n) is 7.45. The summed E-state index contributed by atoms with van der Waals surface area (Å²) in [5, 5.41) is 10.4. The molecule has 0 amide bonds. The van der Waals surface area contributed by atoms with Gasteiger partial charge in [-0.2, -0.15) is 0 Å². The predicted molar refractivity (Wildman–Crippen MR) is 53.9 cm³/mol. The second-order valence-corrected chi connectivity index (χ2v) is 3.54. The standard InChI is InChI=1S/C8H13N3OS/c1-2-6-3-4-13-7(6)5-10-8(9)11-12/h3-4,12H,2,5H2,1H3,(H3,9,10,11). The van der Waals surface area contributed by atoms with Crippen molar-refractivity contribution < 1.29 is 5.21 Å². The van der Waals surface area contributed by atoms with E-state index in [1.807, 2.05) is 5.38 Å². The molecule has 0 saturated heterocycles. The van der Waals surface area contributed by atoms with E-state index in [-0.39, 0.29) is 5.96 Å². The van der Waals surface area contributed by atoms with Crippen molar-refractivity contribution >= 4 is 17.3 Å². The zero-order valence-corrected chi connectivity index (χ0v) is 8.27. The van der Waals surface area contributed by atoms with E-state index in [9.17, 15) is 0 Å². The van der Waals surface area contributed by atoms with Crippen molar-refractivity contribution in [3.63, 3.8) is 0 Å². The molecule has 4 N–H and O–H groups in total. The van der Waals surface area contributed by atoms with Crippen molar-refractivity contribution in [1.82, 2.24) is 5.48 Å². The Morgan fingerprint density at radius 2 is 2.54 bits per heavy atom. The molecule has 0 unspecified atom stereocenters. The molecule has 0 atom stereocenters. The Kier molecular flexibility index (Phi) is 3.72. The first-order valence-electron chi connectivity index (χ1n) is 4.03. The van der Waals surface area contributed by atoms with Crippen molar-refractivity contribution in [1.29, 1.82) is 0 Å². The van der Waals surface area contributed by atoms with Gasteiger partial charge >= 0.3 is 0 Å². The quantitative estimate of drug-likeness (QED) is 0.388. The van der Waals surface area contributed by atoms with Crippen LogP contribution in [0.4, 0.5) is 0 Å². The van der Waals surface area contributed by atoms with Crippen molar-refractivity contribution in [2.75, 3.05) is 0 Å². The third kappa shape index (κ3) is 2.71. The topological polar surface area (TPSA) is 70.6 Å². The Hall–Kier alpha value is -1.07. The number of hydroxylamine groups is 1. The molecule has 1 aromatic rings. The van der Waals surface area contributed by atoms with Gasteiger partial charge in [0.05, 0.1) is 6.54 Å². The Morgan fingerprint density at radius 1 is 1.77 bits per heavy atom. The highest BCUT2D eigenvalue weighted by atomic mass is 32.1. The lowest BCUT2D eigenvalue weighted by molar-refractivity contribution is 0.232. The summed E-state index contributed by atoms with van der Waals surface area (Å²) in [6.45, 7) is 2.63. The van der Waals surface area contributed by atoms with Crippen LogP contribution in [0.15, 0.2) is 16.4 Å². The van der Waals surface area contributed by atoms with E-state index >= 15 is 0 Å². The lowest BCUT2D eigenvalue weighted by Gasteiger charge is -1.98. The highest BCUT2D eigenvalue weighted by Gasteiger charge is 2.00. The largest absolute Gasteiger partial charge is 0.368 e. The van der Waals surface area contributed by atoms with Gasteiger partial charge in [0.1, 0.15) is 0 Å². The summed E-state index contributed by atoms with van der Waals surface area (Å²) in [6.07, 6.45) is 1.00. The molecule has 0 fully saturated rings. The molecule has 0 spiro atoms. The molecule has 0 saturated carbocycles. The highest BCUT2D eigenvalue weighted by molar-refractivity contribution is 7.10. The van der Waals surface area contributed by atoms with Crippen LogP contribution in [-0.2, 0) is 13.0 Å². The van der Waals surface area contributed by atoms with E-state index in [0.29, 0.717) is 6.54 Å². The van der Waals surface area contributed by atoms with Crippen LogP contribution < -0.4 is 11.2 Å². The molecular weight excluding hydrogens is 186 g/mol. The van der Waals surface area contributed by atoms with Crippen LogP contribution in [0.5, 0.6) is 0 Å². The molecule has 1 aromatic heterocycles. The molecular formula is C8H13N3OS. The Balaban J connectivity index is 2.63. The van der Waals surface area contributed by atoms with Crippen LogP contribution in [0.25, 0.3) is 0 Å². The second kappa shape index (κ2) is 4.84. The smallest absolute Gasteiger partial charge is 0.213 e. The van der Waals surface area contributed by atoms with Gasteiger partial charge in [-0.1, -0.05) is 6.92 Å². The number of rotatable bonds is 3. The zero-order chi connectivity index (χ0) is 9.68. The van der Waals surface area contributed by atoms with E-state index < -0.39 is 0 Å². The van der Waals surface area contributed by atoms with E-state index in [1.54, 1.807) is 16.8 Å². The van der Waals surface area contributed by atoms with Crippen molar-refractivity contribution in [3.8, 4) is 0 Å². The van der Waals surface area contributed by atoms with Gasteiger partial charge in [-0.25, -0.2) is 10.5 Å². The van der Waals surface area contributed by atoms with E-state index in [2.05, 4.69) is 18.0 Å². The van der Waals surface area contributed by atoms with Gasteiger partial charge in [-0.05, 0) is 23.4 Å². The molecule has 0 aliphatic rings. The molecule has 0 aromatic carbocycles. The molecule has 4 nitrogen and oxygen atoms in total. The van der Waals surface area contributed by atoms with Crippen molar-refractivity contribution in [3.05, 3.63) is 21.9 Å². The molecule has 0 aliphatic heterocycles. The molecule has 1 rings (SSSR count). The van der Waals surface area contributed by atoms with Crippen LogP contribution in [0.3, 0.4) is 0 Å². The van der Waals surface area contributed by atoms with Crippen LogP contribution >= 0.6 is 11.3 Å². The van der Waals surface area contributed by atoms with Gasteiger partial charge in [0.15, 0.2) is 0 Å². The number of aliphatic imine (C=N–C) groups is 1. The van der Waals surface area contributed by atoms with E-state index in [1.165, 1.54) is 10.4 Å². The van der Waals surface area contributed by atoms with E-state index in [4.69, 9.17) is 10.9 Å².